The van der Waals surface area contributed by atoms with Crippen molar-refractivity contribution in [3.8, 4) is 17.2 Å². The molecule has 3 aromatic carbocycles. The lowest BCUT2D eigenvalue weighted by Crippen LogP contribution is -2.53. The largest absolute Gasteiger partial charge is 0.497 e. The molecule has 5 rings (SSSR count). The molecule has 2 aliphatic carbocycles. The van der Waals surface area contributed by atoms with Crippen LogP contribution in [0.3, 0.4) is 0 Å². The maximum absolute atomic E-state index is 13.4. The summed E-state index contributed by atoms with van der Waals surface area (Å²) in [5.41, 5.74) is 3.62. The van der Waals surface area contributed by atoms with Gasteiger partial charge in [0, 0.05) is 17.3 Å². The number of hydrogen-bond donors (Lipinski definition) is 1. The van der Waals surface area contributed by atoms with E-state index in [2.05, 4.69) is 24.4 Å². The van der Waals surface area contributed by atoms with Gasteiger partial charge < -0.3 is 29.0 Å². The monoisotopic (exact) mass is 621 g/mol. The van der Waals surface area contributed by atoms with E-state index in [4.69, 9.17) is 35.3 Å². The van der Waals surface area contributed by atoms with Gasteiger partial charge in [-0.25, -0.2) is 4.79 Å². The van der Waals surface area contributed by atoms with E-state index in [9.17, 15) is 4.79 Å². The zero-order valence-corrected chi connectivity index (χ0v) is 27.2. The van der Waals surface area contributed by atoms with Gasteiger partial charge in [-0.3, -0.25) is 0 Å². The highest BCUT2D eigenvalue weighted by Crippen LogP contribution is 2.57. The number of fused-ring (bicyclic) bond motifs is 2. The van der Waals surface area contributed by atoms with Crippen molar-refractivity contribution in [1.29, 1.82) is 0 Å². The third-order valence-corrected chi connectivity index (χ3v) is 9.93. The first-order chi connectivity index (χ1) is 21.3. The molecule has 1 saturated carbocycles. The summed E-state index contributed by atoms with van der Waals surface area (Å²) in [6.45, 7) is 3.51. The van der Waals surface area contributed by atoms with Crippen molar-refractivity contribution in [2.24, 2.45) is 11.8 Å². The zero-order valence-electron chi connectivity index (χ0n) is 26.4. The third kappa shape index (κ3) is 6.50. The Morgan fingerprint density at radius 2 is 1.64 bits per heavy atom. The predicted octanol–water partition coefficient (Wildman–Crippen LogP) is 7.62. The van der Waals surface area contributed by atoms with Crippen molar-refractivity contribution in [2.75, 3.05) is 40.4 Å². The lowest BCUT2D eigenvalue weighted by molar-refractivity contribution is -0.148. The summed E-state index contributed by atoms with van der Waals surface area (Å²) in [5.74, 6) is 2.83. The van der Waals surface area contributed by atoms with Crippen molar-refractivity contribution < 1.29 is 28.5 Å². The van der Waals surface area contributed by atoms with Crippen LogP contribution in [-0.4, -0.2) is 46.6 Å². The first kappa shape index (κ1) is 32.0. The molecule has 0 aliphatic heterocycles. The van der Waals surface area contributed by atoms with Gasteiger partial charge >= 0.3 is 5.97 Å². The van der Waals surface area contributed by atoms with E-state index >= 15 is 0 Å². The van der Waals surface area contributed by atoms with E-state index < -0.39 is 5.54 Å². The van der Waals surface area contributed by atoms with Gasteiger partial charge in [0.1, 0.15) is 11.3 Å². The van der Waals surface area contributed by atoms with Crippen LogP contribution in [0.1, 0.15) is 55.7 Å². The van der Waals surface area contributed by atoms with Crippen LogP contribution in [0.15, 0.2) is 60.7 Å². The molecule has 0 heterocycles. The topological polar surface area (TPSA) is 75.3 Å². The number of carbonyl (C=O) groups excluding carboxylic acids is 1. The second-order valence-corrected chi connectivity index (χ2v) is 12.8. The number of ether oxygens (including phenoxy) is 5. The molecular weight excluding hydrogens is 578 g/mol. The third-order valence-electron chi connectivity index (χ3n) is 9.69. The molecule has 3 aromatic rings. The molecule has 7 nitrogen and oxygen atoms in total. The van der Waals surface area contributed by atoms with Crippen molar-refractivity contribution >= 4 is 23.3 Å². The molecule has 1 unspecified atom stereocenters. The number of hydrogen-bond acceptors (Lipinski definition) is 7. The summed E-state index contributed by atoms with van der Waals surface area (Å²) in [6.07, 6.45) is 4.91. The molecule has 8 heteroatoms. The highest BCUT2D eigenvalue weighted by molar-refractivity contribution is 6.30. The summed E-state index contributed by atoms with van der Waals surface area (Å²) in [6, 6.07) is 19.8. The second kappa shape index (κ2) is 13.7. The van der Waals surface area contributed by atoms with Crippen LogP contribution in [0.25, 0.3) is 0 Å². The predicted molar refractivity (Wildman–Crippen MR) is 173 cm³/mol. The fourth-order valence-corrected chi connectivity index (χ4v) is 7.61. The maximum atomic E-state index is 13.4. The van der Waals surface area contributed by atoms with Crippen LogP contribution in [0.5, 0.6) is 17.2 Å². The quantitative estimate of drug-likeness (QED) is 0.209. The number of nitrogens with one attached hydrogen (secondary N) is 1. The number of esters is 1. The SMILES string of the molecule is COC(=O)C1(Nc2cccc(Cl)c2)CCC2(CC1)c1cc(OC)c(OC)cc1CC2C[C@@H](C)COCc1ccc(OC)cc1. The number of benzene rings is 3. The van der Waals surface area contributed by atoms with Crippen LogP contribution >= 0.6 is 11.6 Å². The van der Waals surface area contributed by atoms with E-state index in [1.165, 1.54) is 18.2 Å². The second-order valence-electron chi connectivity index (χ2n) is 12.3. The molecular formula is C36H44ClNO6. The van der Waals surface area contributed by atoms with E-state index in [-0.39, 0.29) is 11.4 Å². The minimum atomic E-state index is -0.832. The zero-order chi connectivity index (χ0) is 31.3. The fourth-order valence-electron chi connectivity index (χ4n) is 7.42. The molecule has 1 fully saturated rings. The Morgan fingerprint density at radius 1 is 0.932 bits per heavy atom. The Hall–Kier alpha value is -3.42. The van der Waals surface area contributed by atoms with Crippen LogP contribution < -0.4 is 19.5 Å². The number of methoxy groups -OCH3 is 4. The summed E-state index contributed by atoms with van der Waals surface area (Å²) in [7, 11) is 6.50. The lowest BCUT2D eigenvalue weighted by Gasteiger charge is -2.47. The normalized spacial score (nSPS) is 23.1. The van der Waals surface area contributed by atoms with Crippen molar-refractivity contribution in [2.45, 2.75) is 63.0 Å². The molecule has 0 saturated heterocycles. The number of carbonyl (C=O) groups is 1. The minimum absolute atomic E-state index is 0.105. The van der Waals surface area contributed by atoms with E-state index in [1.54, 1.807) is 21.3 Å². The molecule has 236 valence electrons. The molecule has 0 aromatic heterocycles. The molecule has 0 radical (unpaired) electrons. The van der Waals surface area contributed by atoms with Gasteiger partial charge in [0.25, 0.3) is 0 Å². The van der Waals surface area contributed by atoms with Gasteiger partial charge in [-0.1, -0.05) is 36.7 Å². The smallest absolute Gasteiger partial charge is 0.331 e. The summed E-state index contributed by atoms with van der Waals surface area (Å²) in [4.78, 5) is 13.4. The molecule has 0 amide bonds. The summed E-state index contributed by atoms with van der Waals surface area (Å²) in [5, 5.41) is 4.15. The van der Waals surface area contributed by atoms with Crippen molar-refractivity contribution in [3.05, 3.63) is 82.4 Å². The molecule has 44 heavy (non-hydrogen) atoms. The highest BCUT2D eigenvalue weighted by Gasteiger charge is 2.54. The number of rotatable bonds is 12. The fraction of sp³-hybridized carbons (Fsp3) is 0.472. The molecule has 0 bridgehead atoms. The maximum Gasteiger partial charge on any atom is 0.331 e. The van der Waals surface area contributed by atoms with Crippen LogP contribution in [0.4, 0.5) is 5.69 Å². The Balaban J connectivity index is 1.37. The van der Waals surface area contributed by atoms with Gasteiger partial charge in [0.2, 0.25) is 0 Å². The highest BCUT2D eigenvalue weighted by atomic mass is 35.5. The van der Waals surface area contributed by atoms with Gasteiger partial charge in [0.15, 0.2) is 11.5 Å². The first-order valence-corrected chi connectivity index (χ1v) is 15.7. The van der Waals surface area contributed by atoms with E-state index in [0.717, 1.165) is 54.2 Å². The Labute approximate surface area is 266 Å². The summed E-state index contributed by atoms with van der Waals surface area (Å²) < 4.78 is 28.3. The van der Waals surface area contributed by atoms with Crippen molar-refractivity contribution in [3.63, 3.8) is 0 Å². The minimum Gasteiger partial charge on any atom is -0.497 e. The first-order valence-electron chi connectivity index (χ1n) is 15.3. The Kier molecular flexibility index (Phi) is 9.96. The van der Waals surface area contributed by atoms with Gasteiger partial charge in [0.05, 0.1) is 35.0 Å². The van der Waals surface area contributed by atoms with Crippen LogP contribution in [0.2, 0.25) is 5.02 Å². The average molecular weight is 622 g/mol. The van der Waals surface area contributed by atoms with Crippen molar-refractivity contribution in [1.82, 2.24) is 0 Å². The average Bonchev–Trinajstić information content (AvgIpc) is 3.32. The number of halogens is 1. The van der Waals surface area contributed by atoms with Crippen LogP contribution in [-0.2, 0) is 32.7 Å². The Morgan fingerprint density at radius 3 is 2.27 bits per heavy atom. The van der Waals surface area contributed by atoms with E-state index in [0.29, 0.717) is 42.9 Å². The molecule has 2 atom stereocenters. The van der Waals surface area contributed by atoms with Gasteiger partial charge in [-0.05, 0) is 115 Å². The van der Waals surface area contributed by atoms with Gasteiger partial charge in [-0.2, -0.15) is 0 Å². The standard InChI is InChI=1S/C36H44ClNO6/c1-24(22-44-23-25-9-11-30(40-2)12-10-25)17-27-18-26-19-32(41-3)33(42-4)21-31(26)35(27)13-15-36(16-14-35,34(39)43-5)38-29-8-6-7-28(37)20-29/h6-12,19-21,24,27,38H,13-18,22-23H2,1-5H3/t24-,27?,35?,36?/m1/s1. The van der Waals surface area contributed by atoms with Gasteiger partial charge in [-0.15, -0.1) is 0 Å². The van der Waals surface area contributed by atoms with E-state index in [1.807, 2.05) is 48.5 Å². The molecule has 1 N–H and O–H groups in total. The molecule has 2 aliphatic rings. The number of anilines is 1. The molecule has 1 spiro atoms. The summed E-state index contributed by atoms with van der Waals surface area (Å²) >= 11 is 6.29. The lowest BCUT2D eigenvalue weighted by atomic mass is 9.59. The van der Waals surface area contributed by atoms with Crippen LogP contribution in [0, 0.1) is 11.8 Å². The Bertz CT molecular complexity index is 1430.